The molecule has 46 heavy (non-hydrogen) atoms. The molecule has 0 unspecified atom stereocenters. The maximum atomic E-state index is 9.08. The van der Waals surface area contributed by atoms with Crippen molar-refractivity contribution >= 4 is 57.9 Å². The van der Waals surface area contributed by atoms with E-state index in [4.69, 9.17) is 41.9 Å². The van der Waals surface area contributed by atoms with E-state index in [1.807, 2.05) is 48.5 Å². The molecule has 0 saturated heterocycles. The molecule has 1 radical (unpaired) electrons. The Morgan fingerprint density at radius 3 is 1.61 bits per heavy atom. The molecule has 4 rings (SSSR count). The van der Waals surface area contributed by atoms with E-state index in [9.17, 15) is 0 Å². The largest absolute Gasteiger partial charge is 0.748 e. The van der Waals surface area contributed by atoms with Crippen molar-refractivity contribution in [3.8, 4) is 22.3 Å². The van der Waals surface area contributed by atoms with Gasteiger partial charge in [0.15, 0.2) is 0 Å². The molecular formula is C36H47Cl2N2O3PPdS-. The van der Waals surface area contributed by atoms with Gasteiger partial charge in [-0.2, -0.15) is 0 Å². The summed E-state index contributed by atoms with van der Waals surface area (Å²) in [5.74, 6) is 0. The van der Waals surface area contributed by atoms with Crippen molar-refractivity contribution in [2.75, 3.05) is 36.3 Å². The Morgan fingerprint density at radius 2 is 1.17 bits per heavy atom. The van der Waals surface area contributed by atoms with Crippen molar-refractivity contribution in [1.29, 1.82) is 0 Å². The fourth-order valence-corrected chi connectivity index (χ4v) is 9.15. The molecule has 0 aliphatic heterocycles. The van der Waals surface area contributed by atoms with Crippen LogP contribution in [-0.4, -0.2) is 49.0 Å². The van der Waals surface area contributed by atoms with Crippen molar-refractivity contribution in [2.45, 2.75) is 51.9 Å². The first kappa shape index (κ1) is 44.1. The Balaban J connectivity index is 0.000000767. The molecule has 0 aliphatic carbocycles. The zero-order chi connectivity index (χ0) is 34.4. The van der Waals surface area contributed by atoms with Crippen LogP contribution in [0.15, 0.2) is 97.1 Å². The van der Waals surface area contributed by atoms with Crippen molar-refractivity contribution < 1.29 is 33.4 Å². The second kappa shape index (κ2) is 20.4. The normalized spacial score (nSPS) is 11.0. The van der Waals surface area contributed by atoms with Crippen molar-refractivity contribution in [3.05, 3.63) is 103 Å². The molecule has 0 bridgehead atoms. The van der Waals surface area contributed by atoms with Crippen LogP contribution in [0.1, 0.15) is 41.5 Å². The molecule has 0 aromatic heterocycles. The molecule has 4 aromatic rings. The van der Waals surface area contributed by atoms with Gasteiger partial charge in [0.25, 0.3) is 0 Å². The molecule has 5 nitrogen and oxygen atoms in total. The molecular weight excluding hydrogens is 749 g/mol. The Labute approximate surface area is 303 Å². The molecule has 2 N–H and O–H groups in total. The van der Waals surface area contributed by atoms with E-state index in [-0.39, 0.29) is 44.0 Å². The molecule has 0 amide bonds. The zero-order valence-electron chi connectivity index (χ0n) is 28.1. The first-order valence-electron chi connectivity index (χ1n) is 14.3. The van der Waals surface area contributed by atoms with Gasteiger partial charge in [-0.05, 0) is 44.9 Å². The second-order valence-corrected chi connectivity index (χ2v) is 18.3. The van der Waals surface area contributed by atoms with Gasteiger partial charge in [-0.25, -0.2) is 8.42 Å². The molecule has 0 fully saturated rings. The predicted octanol–water partition coefficient (Wildman–Crippen LogP) is 9.44. The Bertz CT molecular complexity index is 1540. The summed E-state index contributed by atoms with van der Waals surface area (Å²) in [7, 11) is -0.00352. The zero-order valence-corrected chi connectivity index (χ0v) is 32.9. The summed E-state index contributed by atoms with van der Waals surface area (Å²) in [6, 6.07) is 36.5. The maximum Gasteiger partial charge on any atom is 0.0967 e. The van der Waals surface area contributed by atoms with E-state index < -0.39 is 10.1 Å². The monoisotopic (exact) mass is 794 g/mol. The van der Waals surface area contributed by atoms with Crippen LogP contribution in [0.4, 0.5) is 11.4 Å². The van der Waals surface area contributed by atoms with E-state index in [1.165, 1.54) is 22.1 Å². The van der Waals surface area contributed by atoms with E-state index in [0.29, 0.717) is 6.26 Å². The molecule has 0 saturated carbocycles. The van der Waals surface area contributed by atoms with Crippen LogP contribution in [-0.2, 0) is 30.5 Å². The van der Waals surface area contributed by atoms with Crippen LogP contribution >= 0.6 is 31.1 Å². The topological polar surface area (TPSA) is 86.5 Å². The van der Waals surface area contributed by atoms with Gasteiger partial charge in [-0.3, -0.25) is 0 Å². The minimum Gasteiger partial charge on any atom is -0.748 e. The van der Waals surface area contributed by atoms with E-state index in [2.05, 4.69) is 115 Å². The average Bonchev–Trinajstić information content (AvgIpc) is 2.92. The maximum absolute atomic E-state index is 9.08. The second-order valence-electron chi connectivity index (χ2n) is 12.3. The van der Waals surface area contributed by atoms with Gasteiger partial charge < -0.3 is 15.2 Å². The number of nitrogens with two attached hydrogens (primary N) is 1. The van der Waals surface area contributed by atoms with E-state index >= 15 is 0 Å². The molecule has 10 heteroatoms. The number of rotatable bonds is 4. The first-order valence-corrected chi connectivity index (χ1v) is 18.6. The van der Waals surface area contributed by atoms with Crippen LogP contribution in [0, 0.1) is 6.07 Å². The number of anilines is 2. The number of alkyl halides is 2. The number of benzene rings is 4. The summed E-state index contributed by atoms with van der Waals surface area (Å²) in [5.41, 5.74) is 12.7. The minimum atomic E-state index is -3.92. The molecule has 0 spiro atoms. The SMILES string of the molecule is CN(C)c1ccccc1-c1ccccc1P(C(C)(C)C)C(C)(C)C.CS(=O)(=O)[O-].ClCCl.Nc1ccccc1-c1[c]cccc1.[Pd]. The van der Waals surface area contributed by atoms with Crippen molar-refractivity contribution in [1.82, 2.24) is 0 Å². The van der Waals surface area contributed by atoms with Gasteiger partial charge >= 0.3 is 0 Å². The summed E-state index contributed by atoms with van der Waals surface area (Å²) in [6.07, 6.45) is 0.604. The number of nitrogens with zero attached hydrogens (tertiary/aromatic N) is 1. The van der Waals surface area contributed by atoms with Crippen LogP contribution < -0.4 is 15.9 Å². The van der Waals surface area contributed by atoms with Gasteiger partial charge in [-0.15, -0.1) is 23.2 Å². The van der Waals surface area contributed by atoms with Crippen LogP contribution in [0.5, 0.6) is 0 Å². The third-order valence-electron chi connectivity index (χ3n) is 6.12. The number of para-hydroxylation sites is 2. The van der Waals surface area contributed by atoms with Crippen LogP contribution in [0.2, 0.25) is 0 Å². The van der Waals surface area contributed by atoms with Gasteiger partial charge in [0, 0.05) is 63.3 Å². The summed E-state index contributed by atoms with van der Waals surface area (Å²) in [5, 5.41) is 2.23. The Kier molecular flexibility index (Phi) is 19.6. The minimum absolute atomic E-state index is 0. The Hall–Kier alpha value is -1.94. The summed E-state index contributed by atoms with van der Waals surface area (Å²) in [6.45, 7) is 14.3. The third-order valence-corrected chi connectivity index (χ3v) is 9.68. The summed E-state index contributed by atoms with van der Waals surface area (Å²) < 4.78 is 27.2. The van der Waals surface area contributed by atoms with Crippen LogP contribution in [0.3, 0.4) is 0 Å². The van der Waals surface area contributed by atoms with E-state index in [0.717, 1.165) is 16.8 Å². The van der Waals surface area contributed by atoms with Crippen molar-refractivity contribution in [3.63, 3.8) is 0 Å². The fourth-order valence-electron chi connectivity index (χ4n) is 5.02. The van der Waals surface area contributed by atoms with Gasteiger partial charge in [0.05, 0.1) is 15.5 Å². The van der Waals surface area contributed by atoms with Gasteiger partial charge in [-0.1, -0.05) is 134 Å². The number of nitrogen functional groups attached to an aromatic ring is 1. The predicted molar refractivity (Wildman–Crippen MR) is 200 cm³/mol. The average molecular weight is 796 g/mol. The summed E-state index contributed by atoms with van der Waals surface area (Å²) in [4.78, 5) is 2.21. The van der Waals surface area contributed by atoms with Gasteiger partial charge in [0.2, 0.25) is 0 Å². The molecule has 4 aromatic carbocycles. The quantitative estimate of drug-likeness (QED) is 0.0732. The first-order chi connectivity index (χ1) is 20.8. The number of halogens is 2. The molecule has 0 atom stereocenters. The number of hydrogen-bond acceptors (Lipinski definition) is 5. The van der Waals surface area contributed by atoms with E-state index in [1.54, 1.807) is 0 Å². The Morgan fingerprint density at radius 1 is 0.761 bits per heavy atom. The molecule has 0 aliphatic rings. The van der Waals surface area contributed by atoms with Crippen molar-refractivity contribution in [2.24, 2.45) is 0 Å². The van der Waals surface area contributed by atoms with Crippen LogP contribution in [0.25, 0.3) is 22.3 Å². The smallest absolute Gasteiger partial charge is 0.0967 e. The third kappa shape index (κ3) is 15.8. The molecule has 0 heterocycles. The number of hydrogen-bond donors (Lipinski definition) is 1. The molecule has 255 valence electrons. The van der Waals surface area contributed by atoms with Gasteiger partial charge in [0.1, 0.15) is 0 Å². The fraction of sp³-hybridized carbons (Fsp3) is 0.333. The summed E-state index contributed by atoms with van der Waals surface area (Å²) >= 11 is 9.53. The standard InChI is InChI=1S/C22H32NP.C12H10N.CH2Cl2.CH4O3S.Pd/c1-21(2,3)24(22(4,5)6)20-16-12-10-14-18(20)17-13-9-11-15-19(17)23(7)8;13-12-9-5-4-8-11(12)10-6-2-1-3-7-10;2-1-3;1-5(2,3)4;/h9-16H,1-8H3;1-6,8-9H,13H2;1H2;1H3,(H,2,3,4);/p-1.